The van der Waals surface area contributed by atoms with Crippen LogP contribution in [0, 0.1) is 23.0 Å². The van der Waals surface area contributed by atoms with Gasteiger partial charge in [-0.15, -0.1) is 0 Å². The molecular formula is C37H43F2N3O5. The summed E-state index contributed by atoms with van der Waals surface area (Å²) in [5, 5.41) is 15.0. The van der Waals surface area contributed by atoms with Gasteiger partial charge in [0.15, 0.2) is 6.29 Å². The summed E-state index contributed by atoms with van der Waals surface area (Å²) in [5.41, 5.74) is 7.85. The Balaban J connectivity index is 1.64. The number of aliphatic hydroxyl groups is 1. The quantitative estimate of drug-likeness (QED) is 0.170. The fraction of sp³-hybridized carbons (Fsp3) is 0.378. The van der Waals surface area contributed by atoms with Gasteiger partial charge >= 0.3 is 0 Å². The average Bonchev–Trinajstić information content (AvgIpc) is 3.51. The normalized spacial score (nSPS) is 17.4. The van der Waals surface area contributed by atoms with Crippen LogP contribution in [0.3, 0.4) is 0 Å². The Morgan fingerprint density at radius 2 is 1.79 bits per heavy atom. The minimum atomic E-state index is -1.53. The molecule has 47 heavy (non-hydrogen) atoms. The summed E-state index contributed by atoms with van der Waals surface area (Å²) in [6.45, 7) is 7.14. The van der Waals surface area contributed by atoms with Crippen molar-refractivity contribution in [3.63, 3.8) is 0 Å². The number of primary amides is 1. The highest BCUT2D eigenvalue weighted by Gasteiger charge is 2.48. The van der Waals surface area contributed by atoms with Crippen LogP contribution in [0.4, 0.5) is 8.78 Å². The lowest BCUT2D eigenvalue weighted by Gasteiger charge is -2.42. The van der Waals surface area contributed by atoms with Crippen LogP contribution in [-0.2, 0) is 22.6 Å². The molecule has 1 aliphatic rings. The predicted octanol–water partition coefficient (Wildman–Crippen LogP) is 5.74. The van der Waals surface area contributed by atoms with Gasteiger partial charge in [-0.05, 0) is 68.0 Å². The Bertz CT molecular complexity index is 1620. The Labute approximate surface area is 274 Å². The van der Waals surface area contributed by atoms with Gasteiger partial charge < -0.3 is 25.5 Å². The van der Waals surface area contributed by atoms with E-state index in [0.29, 0.717) is 47.7 Å². The van der Waals surface area contributed by atoms with Crippen LogP contribution in [-0.4, -0.2) is 53.8 Å². The molecule has 2 aromatic carbocycles. The van der Waals surface area contributed by atoms with Gasteiger partial charge in [-0.3, -0.25) is 14.4 Å². The van der Waals surface area contributed by atoms with E-state index in [1.807, 2.05) is 38.1 Å². The van der Waals surface area contributed by atoms with E-state index >= 15 is 0 Å². The second-order valence-corrected chi connectivity index (χ2v) is 12.2. The third-order valence-corrected chi connectivity index (χ3v) is 8.58. The molecule has 0 saturated carbocycles. The number of nitrogens with one attached hydrogen (secondary N) is 1. The number of aliphatic hydroxyl groups excluding tert-OH is 1. The number of benzene rings is 2. The molecule has 3 aromatic rings. The maximum atomic E-state index is 14.3. The summed E-state index contributed by atoms with van der Waals surface area (Å²) in [6, 6.07) is 12.1. The molecule has 3 atom stereocenters. The topological polar surface area (TPSA) is 126 Å². The fourth-order valence-corrected chi connectivity index (χ4v) is 6.53. The van der Waals surface area contributed by atoms with Crippen LogP contribution in [0.1, 0.15) is 61.5 Å². The molecule has 0 spiro atoms. The van der Waals surface area contributed by atoms with Crippen molar-refractivity contribution >= 4 is 18.1 Å². The van der Waals surface area contributed by atoms with Crippen LogP contribution < -0.4 is 11.1 Å². The van der Waals surface area contributed by atoms with Gasteiger partial charge in [0, 0.05) is 49.3 Å². The Morgan fingerprint density at radius 3 is 2.43 bits per heavy atom. The number of halogens is 2. The highest BCUT2D eigenvalue weighted by molar-refractivity contribution is 5.97. The minimum absolute atomic E-state index is 0.000260. The highest BCUT2D eigenvalue weighted by Crippen LogP contribution is 2.44. The lowest BCUT2D eigenvalue weighted by molar-refractivity contribution is -0.132. The number of rotatable bonds is 16. The number of nitrogens with zero attached hydrogens (tertiary/aromatic N) is 1. The van der Waals surface area contributed by atoms with E-state index in [1.165, 1.54) is 18.4 Å². The molecule has 1 unspecified atom stereocenters. The van der Waals surface area contributed by atoms with Gasteiger partial charge in [0.05, 0.1) is 23.3 Å². The fourth-order valence-electron chi connectivity index (χ4n) is 6.53. The molecule has 0 radical (unpaired) electrons. The maximum Gasteiger partial charge on any atom is 0.249 e. The first-order valence-electron chi connectivity index (χ1n) is 16.0. The Hall–Kier alpha value is -4.41. The summed E-state index contributed by atoms with van der Waals surface area (Å²) < 4.78 is 34.1. The largest absolute Gasteiger partial charge is 0.464 e. The molecule has 0 saturated heterocycles. The van der Waals surface area contributed by atoms with Crippen molar-refractivity contribution in [2.75, 3.05) is 19.6 Å². The number of hydrogen-bond donors (Lipinski definition) is 3. The van der Waals surface area contributed by atoms with Gasteiger partial charge in [-0.2, -0.15) is 0 Å². The molecule has 0 bridgehead atoms. The van der Waals surface area contributed by atoms with E-state index in [-0.39, 0.29) is 30.9 Å². The van der Waals surface area contributed by atoms with E-state index in [9.17, 15) is 28.3 Å². The van der Waals surface area contributed by atoms with Crippen molar-refractivity contribution in [1.29, 1.82) is 0 Å². The summed E-state index contributed by atoms with van der Waals surface area (Å²) in [4.78, 5) is 40.4. The van der Waals surface area contributed by atoms with Crippen molar-refractivity contribution in [2.24, 2.45) is 17.1 Å². The van der Waals surface area contributed by atoms with Crippen LogP contribution >= 0.6 is 0 Å². The first kappa shape index (κ1) is 35.4. The Morgan fingerprint density at radius 1 is 1.09 bits per heavy atom. The maximum absolute atomic E-state index is 14.3. The molecule has 2 amide bonds. The molecular weight excluding hydrogens is 604 g/mol. The van der Waals surface area contributed by atoms with E-state index in [4.69, 9.17) is 10.2 Å². The molecule has 1 aliphatic carbocycles. The molecule has 0 aliphatic heterocycles. The van der Waals surface area contributed by atoms with Crippen LogP contribution in [0.25, 0.3) is 11.3 Å². The van der Waals surface area contributed by atoms with Crippen molar-refractivity contribution in [1.82, 2.24) is 10.2 Å². The van der Waals surface area contributed by atoms with Crippen LogP contribution in [0.15, 0.2) is 82.5 Å². The van der Waals surface area contributed by atoms with Gasteiger partial charge in [-0.1, -0.05) is 49.8 Å². The number of furan rings is 1. The Kier molecular flexibility index (Phi) is 12.0. The third kappa shape index (κ3) is 8.50. The summed E-state index contributed by atoms with van der Waals surface area (Å²) >= 11 is 0. The van der Waals surface area contributed by atoms with Crippen molar-refractivity contribution < 1.29 is 32.7 Å². The number of hydrogen-bond acceptors (Lipinski definition) is 6. The summed E-state index contributed by atoms with van der Waals surface area (Å²) in [6.07, 6.45) is 5.74. The van der Waals surface area contributed by atoms with Crippen molar-refractivity contribution in [3.8, 4) is 11.3 Å². The number of amides is 2. The van der Waals surface area contributed by atoms with Gasteiger partial charge in [0.25, 0.3) is 0 Å². The molecule has 0 fully saturated rings. The lowest BCUT2D eigenvalue weighted by Crippen LogP contribution is -2.51. The van der Waals surface area contributed by atoms with Gasteiger partial charge in [0.2, 0.25) is 11.8 Å². The van der Waals surface area contributed by atoms with E-state index < -0.39 is 35.0 Å². The minimum Gasteiger partial charge on any atom is -0.464 e. The van der Waals surface area contributed by atoms with Gasteiger partial charge in [-0.25, -0.2) is 8.78 Å². The molecule has 4 N–H and O–H groups in total. The molecule has 1 heterocycles. The summed E-state index contributed by atoms with van der Waals surface area (Å²) in [5.74, 6) is -3.02. The van der Waals surface area contributed by atoms with E-state index in [0.717, 1.165) is 30.8 Å². The second-order valence-electron chi connectivity index (χ2n) is 12.2. The first-order valence-corrected chi connectivity index (χ1v) is 16.0. The zero-order valence-electron chi connectivity index (χ0n) is 27.1. The summed E-state index contributed by atoms with van der Waals surface area (Å²) in [7, 11) is 0. The second kappa shape index (κ2) is 15.9. The van der Waals surface area contributed by atoms with Crippen molar-refractivity contribution in [3.05, 3.63) is 106 Å². The zero-order valence-corrected chi connectivity index (χ0v) is 27.1. The van der Waals surface area contributed by atoms with Crippen LogP contribution in [0.2, 0.25) is 0 Å². The number of carbonyl (C=O) groups is 3. The van der Waals surface area contributed by atoms with Crippen LogP contribution in [0.5, 0.6) is 0 Å². The van der Waals surface area contributed by atoms with E-state index in [2.05, 4.69) is 5.32 Å². The highest BCUT2D eigenvalue weighted by atomic mass is 19.1. The average molecular weight is 648 g/mol. The monoisotopic (exact) mass is 647 g/mol. The number of carbonyl (C=O) groups excluding carboxylic acids is 3. The standard InChI is InChI=1S/C37H43F2N3O5/c1-4-10-42(11-5-2)35(45)29-13-24(3)19-37(20-29,36(40)46)32(17-26-15-30(38)18-31(39)16-26)33(44)22-41-21-25-7-6-8-27(14-25)34-28(23-43)9-12-47-34/h6-9,12-16,18-19,23,32-33,41,44H,4-5,10-11,17,20-22H2,1-3H3,(H2,40,46)/t32-,33+,37?/m1/s1. The number of allylic oxidation sites excluding steroid dienone is 2. The van der Waals surface area contributed by atoms with Gasteiger partial charge in [0.1, 0.15) is 17.4 Å². The van der Waals surface area contributed by atoms with Crippen molar-refractivity contribution in [2.45, 2.75) is 59.1 Å². The molecule has 1 aromatic heterocycles. The molecule has 4 rings (SSSR count). The lowest BCUT2D eigenvalue weighted by atomic mass is 9.63. The first-order chi connectivity index (χ1) is 22.5. The number of aldehydes is 1. The third-order valence-electron chi connectivity index (χ3n) is 8.58. The number of nitrogens with two attached hydrogens (primary N) is 1. The molecule has 250 valence electrons. The SMILES string of the molecule is CCCN(CCC)C(=O)C1=CC(C)=CC(C(N)=O)([C@H](Cc2cc(F)cc(F)c2)[C@@H](O)CNCc2cccc(-c3occc3C=O)c2)C1. The smallest absolute Gasteiger partial charge is 0.249 e. The predicted molar refractivity (Wildman–Crippen MR) is 176 cm³/mol. The zero-order chi connectivity index (χ0) is 34.1. The molecule has 8 nitrogen and oxygen atoms in total. The van der Waals surface area contributed by atoms with E-state index in [1.54, 1.807) is 30.0 Å². The molecule has 10 heteroatoms.